The molecule has 1 aromatic carbocycles. The zero-order valence-corrected chi connectivity index (χ0v) is 13.7. The molecule has 0 atom stereocenters. The Kier molecular flexibility index (Phi) is 4.88. The first-order chi connectivity index (χ1) is 11.3. The first-order valence-corrected chi connectivity index (χ1v) is 8.17. The van der Waals surface area contributed by atoms with Gasteiger partial charge in [-0.05, 0) is 36.7 Å². The third kappa shape index (κ3) is 3.51. The predicted octanol–water partition coefficient (Wildman–Crippen LogP) is 3.17. The van der Waals surface area contributed by atoms with Crippen molar-refractivity contribution < 1.29 is 0 Å². The van der Waals surface area contributed by atoms with Crippen molar-refractivity contribution in [2.45, 2.75) is 13.8 Å². The molecule has 0 aliphatic rings. The highest BCUT2D eigenvalue weighted by Crippen LogP contribution is 2.19. The zero-order chi connectivity index (χ0) is 16.1. The third-order valence-corrected chi connectivity index (χ3v) is 4.09. The van der Waals surface area contributed by atoms with Crippen molar-refractivity contribution in [2.75, 3.05) is 31.5 Å². The van der Waals surface area contributed by atoms with Crippen LogP contribution in [0, 0.1) is 0 Å². The van der Waals surface area contributed by atoms with Crippen LogP contribution in [-0.4, -0.2) is 45.6 Å². The van der Waals surface area contributed by atoms with Crippen LogP contribution in [0.5, 0.6) is 0 Å². The molecule has 0 radical (unpaired) electrons. The molecule has 0 spiro atoms. The highest BCUT2D eigenvalue weighted by molar-refractivity contribution is 5.81. The molecule has 3 rings (SSSR count). The first-order valence-electron chi connectivity index (χ1n) is 8.17. The smallest absolute Gasteiger partial charge is 0.224 e. The molecule has 0 amide bonds. The van der Waals surface area contributed by atoms with Crippen LogP contribution >= 0.6 is 0 Å². The molecule has 5 nitrogen and oxygen atoms in total. The van der Waals surface area contributed by atoms with Gasteiger partial charge in [0.1, 0.15) is 5.82 Å². The van der Waals surface area contributed by atoms with Crippen LogP contribution in [0.1, 0.15) is 13.8 Å². The van der Waals surface area contributed by atoms with Crippen LogP contribution in [0.2, 0.25) is 0 Å². The topological polar surface area (TPSA) is 46.0 Å². The van der Waals surface area contributed by atoms with E-state index in [2.05, 4.69) is 56.8 Å². The van der Waals surface area contributed by atoms with Gasteiger partial charge in [0, 0.05) is 25.5 Å². The Morgan fingerprint density at radius 2 is 1.91 bits per heavy atom. The van der Waals surface area contributed by atoms with Gasteiger partial charge in [-0.25, -0.2) is 4.98 Å². The first kappa shape index (κ1) is 15.5. The lowest BCUT2D eigenvalue weighted by Gasteiger charge is -2.18. The fourth-order valence-corrected chi connectivity index (χ4v) is 2.72. The van der Waals surface area contributed by atoms with E-state index in [9.17, 15) is 0 Å². The molecule has 2 heterocycles. The van der Waals surface area contributed by atoms with E-state index in [1.807, 2.05) is 24.4 Å². The maximum atomic E-state index is 4.64. The largest absolute Gasteiger partial charge is 0.353 e. The Balaban J connectivity index is 1.75. The minimum Gasteiger partial charge on any atom is -0.353 e. The normalized spacial score (nSPS) is 11.3. The quantitative estimate of drug-likeness (QED) is 0.728. The van der Waals surface area contributed by atoms with E-state index in [0.717, 1.165) is 37.5 Å². The summed E-state index contributed by atoms with van der Waals surface area (Å²) in [5.41, 5.74) is 1.15. The van der Waals surface area contributed by atoms with Crippen molar-refractivity contribution in [3.8, 4) is 5.82 Å². The summed E-state index contributed by atoms with van der Waals surface area (Å²) < 4.78 is 2.09. The van der Waals surface area contributed by atoms with E-state index in [4.69, 9.17) is 0 Å². The zero-order valence-electron chi connectivity index (χ0n) is 13.7. The number of rotatable bonds is 7. The standard InChI is InChI=1S/C18H23N5/c1-3-22(4-2)14-12-20-18-19-11-9-17(21-18)23-13-10-15-7-5-6-8-16(15)23/h5-11,13H,3-4,12,14H2,1-2H3,(H,19,20,21). The second kappa shape index (κ2) is 7.24. The van der Waals surface area contributed by atoms with Gasteiger partial charge in [0.25, 0.3) is 0 Å². The van der Waals surface area contributed by atoms with Crippen molar-refractivity contribution >= 4 is 16.9 Å². The van der Waals surface area contributed by atoms with Crippen LogP contribution in [0.3, 0.4) is 0 Å². The number of nitrogens with one attached hydrogen (secondary N) is 1. The van der Waals surface area contributed by atoms with Gasteiger partial charge in [0.2, 0.25) is 5.95 Å². The number of hydrogen-bond donors (Lipinski definition) is 1. The van der Waals surface area contributed by atoms with E-state index in [1.54, 1.807) is 6.20 Å². The van der Waals surface area contributed by atoms with Gasteiger partial charge in [-0.3, -0.25) is 0 Å². The molecule has 0 fully saturated rings. The Morgan fingerprint density at radius 1 is 1.09 bits per heavy atom. The Morgan fingerprint density at radius 3 is 2.74 bits per heavy atom. The number of anilines is 1. The molecule has 0 saturated heterocycles. The van der Waals surface area contributed by atoms with Gasteiger partial charge in [-0.1, -0.05) is 32.0 Å². The maximum Gasteiger partial charge on any atom is 0.224 e. The minimum absolute atomic E-state index is 0.674. The fourth-order valence-electron chi connectivity index (χ4n) is 2.72. The Bertz CT molecular complexity index is 761. The molecule has 0 aliphatic heterocycles. The SMILES string of the molecule is CCN(CC)CCNc1nccc(-n2ccc3ccccc32)n1. The molecule has 23 heavy (non-hydrogen) atoms. The lowest BCUT2D eigenvalue weighted by Crippen LogP contribution is -2.29. The number of fused-ring (bicyclic) bond motifs is 1. The van der Waals surface area contributed by atoms with Gasteiger partial charge in [0.05, 0.1) is 5.52 Å². The monoisotopic (exact) mass is 309 g/mol. The molecule has 0 saturated carbocycles. The Hall–Kier alpha value is -2.40. The predicted molar refractivity (Wildman–Crippen MR) is 95.1 cm³/mol. The van der Waals surface area contributed by atoms with Gasteiger partial charge in [-0.2, -0.15) is 4.98 Å². The summed E-state index contributed by atoms with van der Waals surface area (Å²) >= 11 is 0. The van der Waals surface area contributed by atoms with Crippen molar-refractivity contribution in [1.82, 2.24) is 19.4 Å². The molecule has 0 bridgehead atoms. The van der Waals surface area contributed by atoms with Crippen LogP contribution in [0.25, 0.3) is 16.7 Å². The van der Waals surface area contributed by atoms with E-state index < -0.39 is 0 Å². The van der Waals surface area contributed by atoms with Crippen LogP contribution < -0.4 is 5.32 Å². The van der Waals surface area contributed by atoms with Crippen molar-refractivity contribution in [3.63, 3.8) is 0 Å². The summed E-state index contributed by atoms with van der Waals surface area (Å²) in [5.74, 6) is 1.55. The van der Waals surface area contributed by atoms with Crippen molar-refractivity contribution in [3.05, 3.63) is 48.8 Å². The van der Waals surface area contributed by atoms with Crippen molar-refractivity contribution in [2.24, 2.45) is 0 Å². The average molecular weight is 309 g/mol. The van der Waals surface area contributed by atoms with Gasteiger partial charge in [-0.15, -0.1) is 0 Å². The summed E-state index contributed by atoms with van der Waals surface area (Å²) in [5, 5.41) is 4.53. The van der Waals surface area contributed by atoms with Gasteiger partial charge in [0.15, 0.2) is 0 Å². The summed E-state index contributed by atoms with van der Waals surface area (Å²) in [7, 11) is 0. The van der Waals surface area contributed by atoms with Gasteiger partial charge < -0.3 is 14.8 Å². The molecule has 5 heteroatoms. The molecule has 1 N–H and O–H groups in total. The molecule has 120 valence electrons. The average Bonchev–Trinajstić information content (AvgIpc) is 3.03. The number of benzene rings is 1. The molecule has 3 aromatic rings. The second-order valence-electron chi connectivity index (χ2n) is 5.44. The third-order valence-electron chi connectivity index (χ3n) is 4.09. The van der Waals surface area contributed by atoms with Crippen molar-refractivity contribution in [1.29, 1.82) is 0 Å². The molecular formula is C18H23N5. The fraction of sp³-hybridized carbons (Fsp3) is 0.333. The minimum atomic E-state index is 0.674. The number of hydrogen-bond acceptors (Lipinski definition) is 4. The van der Waals surface area contributed by atoms with Crippen LogP contribution in [-0.2, 0) is 0 Å². The number of para-hydroxylation sites is 1. The lowest BCUT2D eigenvalue weighted by atomic mass is 10.2. The number of nitrogens with zero attached hydrogens (tertiary/aromatic N) is 4. The molecule has 0 aliphatic carbocycles. The summed E-state index contributed by atoms with van der Waals surface area (Å²) in [4.78, 5) is 11.3. The van der Waals surface area contributed by atoms with E-state index in [1.165, 1.54) is 5.39 Å². The molecular weight excluding hydrogens is 286 g/mol. The van der Waals surface area contributed by atoms with E-state index in [-0.39, 0.29) is 0 Å². The van der Waals surface area contributed by atoms with Gasteiger partial charge >= 0.3 is 0 Å². The second-order valence-corrected chi connectivity index (χ2v) is 5.44. The Labute approximate surface area is 137 Å². The summed E-state index contributed by atoms with van der Waals surface area (Å²) in [6, 6.07) is 12.3. The van der Waals surface area contributed by atoms with Crippen LogP contribution in [0.4, 0.5) is 5.95 Å². The highest BCUT2D eigenvalue weighted by atomic mass is 15.2. The maximum absolute atomic E-state index is 4.64. The van der Waals surface area contributed by atoms with E-state index >= 15 is 0 Å². The number of likely N-dealkylation sites (N-methyl/N-ethyl adjacent to an activating group) is 1. The summed E-state index contributed by atoms with van der Waals surface area (Å²) in [6.45, 7) is 8.32. The molecule has 2 aromatic heterocycles. The highest BCUT2D eigenvalue weighted by Gasteiger charge is 2.05. The van der Waals surface area contributed by atoms with Crippen LogP contribution in [0.15, 0.2) is 48.8 Å². The summed E-state index contributed by atoms with van der Waals surface area (Å²) in [6.07, 6.45) is 3.85. The molecule has 0 unspecified atom stereocenters. The lowest BCUT2D eigenvalue weighted by molar-refractivity contribution is 0.316. The van der Waals surface area contributed by atoms with E-state index in [0.29, 0.717) is 5.95 Å². The number of aromatic nitrogens is 3.